The first-order chi connectivity index (χ1) is 9.47. The number of ether oxygens (including phenoxy) is 1. The fourth-order valence-electron chi connectivity index (χ4n) is 2.04. The van der Waals surface area contributed by atoms with Crippen molar-refractivity contribution in [1.29, 1.82) is 0 Å². The van der Waals surface area contributed by atoms with Crippen molar-refractivity contribution < 1.29 is 14.2 Å². The zero-order valence-electron chi connectivity index (χ0n) is 11.3. The van der Waals surface area contributed by atoms with Crippen LogP contribution in [0.25, 0.3) is 0 Å². The van der Waals surface area contributed by atoms with Crippen molar-refractivity contribution in [2.45, 2.75) is 26.1 Å². The van der Waals surface area contributed by atoms with E-state index in [4.69, 9.17) is 16.3 Å². The second-order valence-corrected chi connectivity index (χ2v) is 5.16. The highest BCUT2D eigenvalue weighted by molar-refractivity contribution is 6.30. The van der Waals surface area contributed by atoms with E-state index in [9.17, 15) is 9.50 Å². The lowest BCUT2D eigenvalue weighted by molar-refractivity contribution is 0.0463. The van der Waals surface area contributed by atoms with Crippen LogP contribution in [0.5, 0.6) is 5.75 Å². The van der Waals surface area contributed by atoms with Gasteiger partial charge in [-0.1, -0.05) is 23.7 Å². The van der Waals surface area contributed by atoms with Crippen LogP contribution in [0.4, 0.5) is 4.39 Å². The Morgan fingerprint density at radius 1 is 1.20 bits per heavy atom. The van der Waals surface area contributed by atoms with Crippen LogP contribution in [-0.2, 0) is 0 Å². The van der Waals surface area contributed by atoms with E-state index in [0.717, 1.165) is 0 Å². The van der Waals surface area contributed by atoms with Crippen molar-refractivity contribution in [2.24, 2.45) is 0 Å². The molecular weight excluding hydrogens is 279 g/mol. The summed E-state index contributed by atoms with van der Waals surface area (Å²) in [6.45, 7) is 3.52. The first-order valence-electron chi connectivity index (χ1n) is 6.33. The molecule has 0 aromatic heterocycles. The van der Waals surface area contributed by atoms with Gasteiger partial charge in [0.2, 0.25) is 0 Å². The number of aryl methyl sites for hydroxylation is 1. The Labute approximate surface area is 122 Å². The molecule has 20 heavy (non-hydrogen) atoms. The van der Waals surface area contributed by atoms with Gasteiger partial charge < -0.3 is 9.84 Å². The molecule has 2 nitrogen and oxygen atoms in total. The Bertz CT molecular complexity index is 601. The van der Waals surface area contributed by atoms with Crippen LogP contribution in [0.3, 0.4) is 0 Å². The number of hydrogen-bond donors (Lipinski definition) is 1. The number of rotatable bonds is 4. The van der Waals surface area contributed by atoms with Crippen molar-refractivity contribution >= 4 is 11.6 Å². The lowest BCUT2D eigenvalue weighted by Gasteiger charge is -2.22. The molecule has 0 bridgehead atoms. The molecule has 2 rings (SSSR count). The molecule has 0 saturated heterocycles. The predicted molar refractivity (Wildman–Crippen MR) is 77.6 cm³/mol. The minimum atomic E-state index is -0.838. The minimum Gasteiger partial charge on any atom is -0.488 e. The van der Waals surface area contributed by atoms with Gasteiger partial charge in [0.25, 0.3) is 0 Å². The lowest BCUT2D eigenvalue weighted by Crippen LogP contribution is -2.22. The SMILES string of the molecule is Cc1cc(F)ccc1C(O)C(C)Oc1cccc(Cl)c1. The molecular formula is C16H16ClFO2. The summed E-state index contributed by atoms with van der Waals surface area (Å²) in [5.41, 5.74) is 1.35. The largest absolute Gasteiger partial charge is 0.488 e. The molecule has 0 aliphatic heterocycles. The fraction of sp³-hybridized carbons (Fsp3) is 0.250. The smallest absolute Gasteiger partial charge is 0.126 e. The third-order valence-electron chi connectivity index (χ3n) is 3.11. The number of hydrogen-bond acceptors (Lipinski definition) is 2. The molecule has 4 heteroatoms. The summed E-state index contributed by atoms with van der Waals surface area (Å²) in [7, 11) is 0. The maximum absolute atomic E-state index is 13.1. The third kappa shape index (κ3) is 3.50. The molecule has 2 aromatic rings. The maximum atomic E-state index is 13.1. The van der Waals surface area contributed by atoms with E-state index in [2.05, 4.69) is 0 Å². The van der Waals surface area contributed by atoms with Crippen LogP contribution in [0, 0.1) is 12.7 Å². The van der Waals surface area contributed by atoms with Gasteiger partial charge in [0.05, 0.1) is 0 Å². The molecule has 0 amide bonds. The minimum absolute atomic E-state index is 0.318. The molecule has 0 fully saturated rings. The zero-order chi connectivity index (χ0) is 14.7. The number of benzene rings is 2. The van der Waals surface area contributed by atoms with E-state index >= 15 is 0 Å². The van der Waals surface area contributed by atoms with Gasteiger partial charge in [-0.15, -0.1) is 0 Å². The van der Waals surface area contributed by atoms with Gasteiger partial charge in [0, 0.05) is 5.02 Å². The molecule has 0 saturated carbocycles. The van der Waals surface area contributed by atoms with E-state index in [-0.39, 0.29) is 5.82 Å². The van der Waals surface area contributed by atoms with Crippen molar-refractivity contribution in [2.75, 3.05) is 0 Å². The van der Waals surface area contributed by atoms with Gasteiger partial charge in [-0.05, 0) is 55.3 Å². The van der Waals surface area contributed by atoms with Crippen LogP contribution in [0.1, 0.15) is 24.2 Å². The first-order valence-corrected chi connectivity index (χ1v) is 6.71. The molecule has 0 heterocycles. The Hall–Kier alpha value is -1.58. The highest BCUT2D eigenvalue weighted by Gasteiger charge is 2.20. The van der Waals surface area contributed by atoms with Crippen molar-refractivity contribution in [3.05, 3.63) is 64.4 Å². The Kier molecular flexibility index (Phi) is 4.63. The van der Waals surface area contributed by atoms with E-state index < -0.39 is 12.2 Å². The van der Waals surface area contributed by atoms with Crippen LogP contribution in [0.15, 0.2) is 42.5 Å². The van der Waals surface area contributed by atoms with Gasteiger partial charge in [0.1, 0.15) is 23.8 Å². The maximum Gasteiger partial charge on any atom is 0.126 e. The molecule has 106 valence electrons. The summed E-state index contributed by atoms with van der Waals surface area (Å²) in [6.07, 6.45) is -1.31. The van der Waals surface area contributed by atoms with Gasteiger partial charge in [0.15, 0.2) is 0 Å². The topological polar surface area (TPSA) is 29.5 Å². The average molecular weight is 295 g/mol. The summed E-state index contributed by atoms with van der Waals surface area (Å²) in [4.78, 5) is 0. The Morgan fingerprint density at radius 3 is 2.60 bits per heavy atom. The highest BCUT2D eigenvalue weighted by Crippen LogP contribution is 2.26. The number of halogens is 2. The first kappa shape index (κ1) is 14.8. The van der Waals surface area contributed by atoms with Gasteiger partial charge in [-0.2, -0.15) is 0 Å². The van der Waals surface area contributed by atoms with Gasteiger partial charge in [-0.3, -0.25) is 0 Å². The number of aliphatic hydroxyl groups is 1. The van der Waals surface area contributed by atoms with Crippen LogP contribution >= 0.6 is 11.6 Å². The summed E-state index contributed by atoms with van der Waals surface area (Å²) in [6, 6.07) is 11.3. The number of aliphatic hydroxyl groups excluding tert-OH is 1. The van der Waals surface area contributed by atoms with Crippen molar-refractivity contribution in [3.8, 4) is 5.75 Å². The summed E-state index contributed by atoms with van der Waals surface area (Å²) in [5, 5.41) is 10.9. The van der Waals surface area contributed by atoms with Crippen LogP contribution < -0.4 is 4.74 Å². The van der Waals surface area contributed by atoms with Crippen LogP contribution in [-0.4, -0.2) is 11.2 Å². The summed E-state index contributed by atoms with van der Waals surface area (Å²) >= 11 is 5.88. The summed E-state index contributed by atoms with van der Waals surface area (Å²) in [5.74, 6) is 0.269. The third-order valence-corrected chi connectivity index (χ3v) is 3.35. The normalized spacial score (nSPS) is 13.8. The Balaban J connectivity index is 2.14. The highest BCUT2D eigenvalue weighted by atomic mass is 35.5. The van der Waals surface area contributed by atoms with Crippen LogP contribution in [0.2, 0.25) is 5.02 Å². The van der Waals surface area contributed by atoms with E-state index in [1.807, 2.05) is 0 Å². The zero-order valence-corrected chi connectivity index (χ0v) is 12.1. The van der Waals surface area contributed by atoms with Gasteiger partial charge in [-0.25, -0.2) is 4.39 Å². The van der Waals surface area contributed by atoms with Crippen molar-refractivity contribution in [1.82, 2.24) is 0 Å². The molecule has 0 aliphatic rings. The molecule has 1 N–H and O–H groups in total. The van der Waals surface area contributed by atoms with E-state index in [0.29, 0.717) is 21.9 Å². The fourth-order valence-corrected chi connectivity index (χ4v) is 2.22. The molecule has 0 radical (unpaired) electrons. The molecule has 2 atom stereocenters. The Morgan fingerprint density at radius 2 is 1.95 bits per heavy atom. The quantitative estimate of drug-likeness (QED) is 0.911. The predicted octanol–water partition coefficient (Wildman–Crippen LogP) is 4.29. The lowest BCUT2D eigenvalue weighted by atomic mass is 10.00. The molecule has 0 spiro atoms. The molecule has 2 unspecified atom stereocenters. The molecule has 2 aromatic carbocycles. The monoisotopic (exact) mass is 294 g/mol. The molecule has 0 aliphatic carbocycles. The van der Waals surface area contributed by atoms with Crippen molar-refractivity contribution in [3.63, 3.8) is 0 Å². The van der Waals surface area contributed by atoms with E-state index in [1.54, 1.807) is 44.2 Å². The van der Waals surface area contributed by atoms with E-state index in [1.165, 1.54) is 12.1 Å². The second kappa shape index (κ2) is 6.25. The summed E-state index contributed by atoms with van der Waals surface area (Å²) < 4.78 is 18.7. The second-order valence-electron chi connectivity index (χ2n) is 4.73. The average Bonchev–Trinajstić information content (AvgIpc) is 2.38. The standard InChI is InChI=1S/C16H16ClFO2/c1-10-8-13(18)6-7-15(10)16(19)11(2)20-14-5-3-4-12(17)9-14/h3-9,11,16,19H,1-2H3. The van der Waals surface area contributed by atoms with Gasteiger partial charge >= 0.3 is 0 Å².